The summed E-state index contributed by atoms with van der Waals surface area (Å²) >= 11 is 6.01. The van der Waals surface area contributed by atoms with E-state index in [4.69, 9.17) is 11.6 Å². The normalized spacial score (nSPS) is 17.0. The van der Waals surface area contributed by atoms with Gasteiger partial charge in [0.15, 0.2) is 0 Å². The van der Waals surface area contributed by atoms with Crippen molar-refractivity contribution in [1.82, 2.24) is 20.3 Å². The zero-order valence-electron chi connectivity index (χ0n) is 21.5. The molecule has 11 nitrogen and oxygen atoms in total. The molecule has 4 N–H and O–H groups in total. The Hall–Kier alpha value is -3.80. The monoisotopic (exact) mass is 539 g/mol. The third kappa shape index (κ3) is 6.18. The average Bonchev–Trinajstić information content (AvgIpc) is 2.82. The largest absolute Gasteiger partial charge is 0.349 e. The van der Waals surface area contributed by atoms with Gasteiger partial charge < -0.3 is 21.2 Å². The van der Waals surface area contributed by atoms with Gasteiger partial charge in [-0.15, -0.1) is 0 Å². The number of nitrogens with zero attached hydrogens (tertiary/aromatic N) is 4. The van der Waals surface area contributed by atoms with E-state index in [0.29, 0.717) is 34.8 Å². The summed E-state index contributed by atoms with van der Waals surface area (Å²) < 4.78 is 0. The molecule has 4 rings (SSSR count). The molecule has 2 aromatic carbocycles. The number of hydroxylamine groups is 2. The summed E-state index contributed by atoms with van der Waals surface area (Å²) in [7, 11) is 0. The quantitative estimate of drug-likeness (QED) is 0.220. The first-order valence-corrected chi connectivity index (χ1v) is 12.4. The summed E-state index contributed by atoms with van der Waals surface area (Å²) in [5.74, 6) is -0.0674. The Labute approximate surface area is 225 Å². The van der Waals surface area contributed by atoms with E-state index in [0.717, 1.165) is 6.20 Å². The Balaban J connectivity index is 1.45. The number of nitrogens with one attached hydrogen (secondary N) is 3. The number of halogens is 1. The number of benzene rings is 2. The Morgan fingerprint density at radius 2 is 1.74 bits per heavy atom. The third-order valence-electron chi connectivity index (χ3n) is 6.43. The average molecular weight is 540 g/mol. The van der Waals surface area contributed by atoms with Crippen molar-refractivity contribution in [3.63, 3.8) is 0 Å². The fraction of sp³-hybridized carbons (Fsp3) is 0.346. The molecule has 0 atom stereocenters. The van der Waals surface area contributed by atoms with E-state index < -0.39 is 16.0 Å². The number of piperidine rings is 1. The summed E-state index contributed by atoms with van der Waals surface area (Å²) in [6, 6.07) is 13.4. The van der Waals surface area contributed by atoms with Gasteiger partial charge in [-0.3, -0.25) is 14.9 Å². The zero-order valence-corrected chi connectivity index (χ0v) is 22.3. The molecular weight excluding hydrogens is 510 g/mol. The lowest BCUT2D eigenvalue weighted by molar-refractivity contribution is -0.384. The van der Waals surface area contributed by atoms with Gasteiger partial charge in [-0.2, -0.15) is 10.0 Å². The smallest absolute Gasteiger partial charge is 0.329 e. The molecule has 200 valence electrons. The van der Waals surface area contributed by atoms with Crippen LogP contribution in [-0.4, -0.2) is 48.2 Å². The summed E-state index contributed by atoms with van der Waals surface area (Å²) in [6.45, 7) is 7.79. The van der Waals surface area contributed by atoms with Crippen LogP contribution in [0, 0.1) is 10.1 Å². The first-order chi connectivity index (χ1) is 17.8. The van der Waals surface area contributed by atoms with Gasteiger partial charge in [0.1, 0.15) is 6.20 Å². The van der Waals surface area contributed by atoms with Crippen molar-refractivity contribution in [2.24, 2.45) is 0 Å². The van der Waals surface area contributed by atoms with Crippen LogP contribution in [-0.2, 0) is 0 Å². The summed E-state index contributed by atoms with van der Waals surface area (Å²) in [5.41, 5.74) is 0.376. The van der Waals surface area contributed by atoms with Crippen molar-refractivity contribution in [2.45, 2.75) is 57.7 Å². The standard InChI is InChI=1S/C26H30ClN7O4/c1-25(2)13-20(14-26(3,4)34(25)38)30-23(35)16-8-10-18(11-9-16)31-24-28-15-21(33(36)37)22(32-24)29-19-7-5-6-17(27)12-19/h5-12,15,20,38H,13-14H2,1-4H3,(H,30,35)(H2,28,29,31,32). The fourth-order valence-electron chi connectivity index (χ4n) is 4.84. The molecule has 1 amide bonds. The molecule has 0 aliphatic carbocycles. The molecule has 1 aliphatic rings. The second-order valence-corrected chi connectivity index (χ2v) is 11.0. The van der Waals surface area contributed by atoms with E-state index in [-0.39, 0.29) is 29.4 Å². The molecular formula is C26H30ClN7O4. The zero-order chi connectivity index (χ0) is 27.7. The topological polar surface area (TPSA) is 146 Å². The van der Waals surface area contributed by atoms with Gasteiger partial charge in [0.25, 0.3) is 5.91 Å². The van der Waals surface area contributed by atoms with Crippen molar-refractivity contribution in [2.75, 3.05) is 10.6 Å². The molecule has 1 saturated heterocycles. The van der Waals surface area contributed by atoms with Crippen LogP contribution in [0.5, 0.6) is 0 Å². The maximum atomic E-state index is 12.9. The summed E-state index contributed by atoms with van der Waals surface area (Å²) in [6.07, 6.45) is 2.34. The van der Waals surface area contributed by atoms with E-state index in [9.17, 15) is 20.1 Å². The predicted molar refractivity (Wildman–Crippen MR) is 145 cm³/mol. The third-order valence-corrected chi connectivity index (χ3v) is 6.67. The lowest BCUT2D eigenvalue weighted by Gasteiger charge is -2.51. The van der Waals surface area contributed by atoms with Gasteiger partial charge in [0.2, 0.25) is 11.8 Å². The van der Waals surface area contributed by atoms with E-state index in [1.165, 1.54) is 5.06 Å². The lowest BCUT2D eigenvalue weighted by atomic mass is 9.79. The lowest BCUT2D eigenvalue weighted by Crippen LogP contribution is -2.62. The molecule has 1 aromatic heterocycles. The number of carbonyl (C=O) groups is 1. The van der Waals surface area contributed by atoms with Crippen LogP contribution in [0.4, 0.5) is 28.8 Å². The first-order valence-electron chi connectivity index (χ1n) is 12.1. The highest BCUT2D eigenvalue weighted by Crippen LogP contribution is 2.36. The Morgan fingerprint density at radius 3 is 2.34 bits per heavy atom. The predicted octanol–water partition coefficient (Wildman–Crippen LogP) is 5.67. The minimum atomic E-state index is -0.573. The number of carbonyl (C=O) groups excluding carboxylic acids is 1. The van der Waals surface area contributed by atoms with Crippen molar-refractivity contribution in [3.8, 4) is 0 Å². The van der Waals surface area contributed by atoms with E-state index in [1.807, 2.05) is 27.7 Å². The molecule has 3 aromatic rings. The molecule has 12 heteroatoms. The number of hydrogen-bond acceptors (Lipinski definition) is 9. The van der Waals surface area contributed by atoms with Gasteiger partial charge in [-0.1, -0.05) is 17.7 Å². The Morgan fingerprint density at radius 1 is 1.08 bits per heavy atom. The molecule has 0 radical (unpaired) electrons. The summed E-state index contributed by atoms with van der Waals surface area (Å²) in [4.78, 5) is 32.1. The maximum Gasteiger partial charge on any atom is 0.329 e. The van der Waals surface area contributed by atoms with Crippen molar-refractivity contribution in [3.05, 3.63) is 75.4 Å². The van der Waals surface area contributed by atoms with Gasteiger partial charge >= 0.3 is 5.69 Å². The second kappa shape index (κ2) is 10.5. The molecule has 2 heterocycles. The minimum absolute atomic E-state index is 0.00513. The van der Waals surface area contributed by atoms with Crippen molar-refractivity contribution >= 4 is 46.3 Å². The number of anilines is 4. The van der Waals surface area contributed by atoms with Crippen LogP contribution in [0.3, 0.4) is 0 Å². The number of amides is 1. The highest BCUT2D eigenvalue weighted by atomic mass is 35.5. The number of nitro groups is 1. The van der Waals surface area contributed by atoms with Crippen molar-refractivity contribution in [1.29, 1.82) is 0 Å². The van der Waals surface area contributed by atoms with E-state index >= 15 is 0 Å². The second-order valence-electron chi connectivity index (χ2n) is 10.5. The number of aromatic nitrogens is 2. The van der Waals surface area contributed by atoms with Crippen molar-refractivity contribution < 1.29 is 14.9 Å². The molecule has 0 unspecified atom stereocenters. The molecule has 1 fully saturated rings. The van der Waals surface area contributed by atoms with Crippen LogP contribution < -0.4 is 16.0 Å². The molecule has 0 saturated carbocycles. The SMILES string of the molecule is CC1(C)CC(NC(=O)c2ccc(Nc3ncc([N+](=O)[O-])c(Nc4cccc(Cl)c4)n3)cc2)CC(C)(C)N1O. The Kier molecular flexibility index (Phi) is 7.54. The van der Waals surface area contributed by atoms with Gasteiger partial charge in [-0.25, -0.2) is 4.98 Å². The Bertz CT molecular complexity index is 1330. The molecule has 0 bridgehead atoms. The number of hydrogen-bond donors (Lipinski definition) is 4. The fourth-order valence-corrected chi connectivity index (χ4v) is 5.03. The van der Waals surface area contributed by atoms with Crippen LogP contribution in [0.2, 0.25) is 5.02 Å². The maximum absolute atomic E-state index is 12.9. The molecule has 0 spiro atoms. The van der Waals surface area contributed by atoms with Crippen LogP contribution in [0.15, 0.2) is 54.7 Å². The van der Waals surface area contributed by atoms with Gasteiger partial charge in [0, 0.05) is 39.1 Å². The highest BCUT2D eigenvalue weighted by Gasteiger charge is 2.45. The van der Waals surface area contributed by atoms with Crippen LogP contribution in [0.25, 0.3) is 0 Å². The van der Waals surface area contributed by atoms with E-state index in [1.54, 1.807) is 48.5 Å². The van der Waals surface area contributed by atoms with E-state index in [2.05, 4.69) is 25.9 Å². The van der Waals surface area contributed by atoms with Crippen LogP contribution in [0.1, 0.15) is 50.9 Å². The first kappa shape index (κ1) is 27.2. The minimum Gasteiger partial charge on any atom is -0.349 e. The van der Waals surface area contributed by atoms with Gasteiger partial charge in [-0.05, 0) is 83.0 Å². The van der Waals surface area contributed by atoms with Gasteiger partial charge in [0.05, 0.1) is 4.92 Å². The molecule has 38 heavy (non-hydrogen) atoms. The molecule has 1 aliphatic heterocycles. The highest BCUT2D eigenvalue weighted by molar-refractivity contribution is 6.30. The van der Waals surface area contributed by atoms with Crippen LogP contribution >= 0.6 is 11.6 Å². The number of rotatable bonds is 7. The summed E-state index contributed by atoms with van der Waals surface area (Å²) in [5, 5.41) is 32.8.